The molecule has 24 heavy (non-hydrogen) atoms. The molecule has 2 rings (SSSR count). The van der Waals surface area contributed by atoms with Crippen LogP contribution in [-0.4, -0.2) is 29.0 Å². The fourth-order valence-corrected chi connectivity index (χ4v) is 2.05. The fourth-order valence-electron chi connectivity index (χ4n) is 1.88. The zero-order valence-electron chi connectivity index (χ0n) is 13.1. The number of methoxy groups -OCH3 is 1. The van der Waals surface area contributed by atoms with Gasteiger partial charge in [0.25, 0.3) is 5.56 Å². The molecule has 126 valence electrons. The highest BCUT2D eigenvalue weighted by Crippen LogP contribution is 2.22. The summed E-state index contributed by atoms with van der Waals surface area (Å²) in [5.74, 6) is -0.520. The summed E-state index contributed by atoms with van der Waals surface area (Å²) in [6, 6.07) is 6.50. The molecule has 0 fully saturated rings. The minimum atomic E-state index is -0.510. The van der Waals surface area contributed by atoms with E-state index in [1.807, 2.05) is 6.92 Å². The van der Waals surface area contributed by atoms with Crippen molar-refractivity contribution >= 4 is 35.2 Å². The average Bonchev–Trinajstić information content (AvgIpc) is 2.51. The molecule has 1 aromatic heterocycles. The predicted octanol–water partition coefficient (Wildman–Crippen LogP) is 1.51. The van der Waals surface area contributed by atoms with Gasteiger partial charge >= 0.3 is 5.97 Å². The van der Waals surface area contributed by atoms with Crippen LogP contribution in [0.25, 0.3) is 0 Å². The molecule has 0 spiro atoms. The van der Waals surface area contributed by atoms with E-state index in [1.54, 1.807) is 18.2 Å². The Morgan fingerprint density at radius 2 is 2.25 bits per heavy atom. The number of hydrogen-bond donors (Lipinski definition) is 3. The zero-order valence-corrected chi connectivity index (χ0v) is 13.8. The van der Waals surface area contributed by atoms with Crippen LogP contribution in [0, 0.1) is 6.92 Å². The van der Waals surface area contributed by atoms with Crippen molar-refractivity contribution in [2.45, 2.75) is 13.3 Å². The van der Waals surface area contributed by atoms with Gasteiger partial charge < -0.3 is 15.8 Å². The van der Waals surface area contributed by atoms with E-state index in [-0.39, 0.29) is 24.0 Å². The molecule has 0 atom stereocenters. The molecule has 2 aromatic rings. The van der Waals surface area contributed by atoms with Crippen LogP contribution in [0.2, 0.25) is 5.02 Å². The third-order valence-corrected chi connectivity index (χ3v) is 3.50. The van der Waals surface area contributed by atoms with E-state index < -0.39 is 11.5 Å². The number of aromatic nitrogens is 2. The first-order valence-corrected chi connectivity index (χ1v) is 7.30. The summed E-state index contributed by atoms with van der Waals surface area (Å²) in [6.45, 7) is 1.83. The molecule has 9 heteroatoms. The summed E-state index contributed by atoms with van der Waals surface area (Å²) in [5, 5.41) is 3.46. The smallest absolute Gasteiger partial charge is 0.311 e. The molecule has 1 heterocycles. The number of hydrogen-bond acceptors (Lipinski definition) is 5. The van der Waals surface area contributed by atoms with Crippen molar-refractivity contribution < 1.29 is 9.53 Å². The summed E-state index contributed by atoms with van der Waals surface area (Å²) < 4.78 is 4.54. The van der Waals surface area contributed by atoms with E-state index in [4.69, 9.17) is 17.3 Å². The number of esters is 1. The van der Waals surface area contributed by atoms with E-state index in [0.29, 0.717) is 10.7 Å². The van der Waals surface area contributed by atoms with Gasteiger partial charge in [0, 0.05) is 16.8 Å². The fraction of sp³-hybridized carbons (Fsp3) is 0.200. The highest BCUT2D eigenvalue weighted by atomic mass is 35.5. The molecule has 0 aliphatic heterocycles. The standard InChI is InChI=1S/C15H16ClN5O3/c1-8-10(16)4-3-5-11(8)19-14(17)21-15-18-9(6-12(22)20-15)7-13(23)24-2/h3-6H,7H2,1-2H3,(H4,17,18,19,20,21,22). The Balaban J connectivity index is 2.25. The topological polar surface area (TPSA) is 122 Å². The lowest BCUT2D eigenvalue weighted by molar-refractivity contribution is -0.139. The Labute approximate surface area is 142 Å². The summed E-state index contributed by atoms with van der Waals surface area (Å²) >= 11 is 6.04. The maximum atomic E-state index is 11.6. The summed E-state index contributed by atoms with van der Waals surface area (Å²) in [7, 11) is 1.25. The SMILES string of the molecule is COC(=O)Cc1cc(=O)[nH]c(/N=C(\N)Nc2cccc(Cl)c2C)n1. The van der Waals surface area contributed by atoms with E-state index in [2.05, 4.69) is 25.0 Å². The molecule has 0 aliphatic carbocycles. The number of nitrogens with zero attached hydrogens (tertiary/aromatic N) is 2. The predicted molar refractivity (Wildman–Crippen MR) is 91.7 cm³/mol. The van der Waals surface area contributed by atoms with Gasteiger partial charge in [-0.25, -0.2) is 4.98 Å². The number of nitrogens with two attached hydrogens (primary N) is 1. The van der Waals surface area contributed by atoms with Crippen molar-refractivity contribution in [3.63, 3.8) is 0 Å². The van der Waals surface area contributed by atoms with Gasteiger partial charge in [0.05, 0.1) is 19.2 Å². The number of aromatic amines is 1. The number of ether oxygens (including phenoxy) is 1. The molecule has 1 aromatic carbocycles. The Morgan fingerprint density at radius 1 is 1.50 bits per heavy atom. The van der Waals surface area contributed by atoms with Gasteiger partial charge in [-0.1, -0.05) is 17.7 Å². The normalized spacial score (nSPS) is 11.2. The van der Waals surface area contributed by atoms with Crippen LogP contribution in [0.4, 0.5) is 11.6 Å². The number of rotatable bonds is 4. The quantitative estimate of drug-likeness (QED) is 0.437. The Bertz CT molecular complexity index is 847. The highest BCUT2D eigenvalue weighted by Gasteiger charge is 2.08. The van der Waals surface area contributed by atoms with Crippen molar-refractivity contribution in [3.8, 4) is 0 Å². The van der Waals surface area contributed by atoms with Crippen LogP contribution in [-0.2, 0) is 16.0 Å². The molecule has 0 unspecified atom stereocenters. The van der Waals surface area contributed by atoms with Gasteiger partial charge in [-0.15, -0.1) is 0 Å². The summed E-state index contributed by atoms with van der Waals surface area (Å²) in [4.78, 5) is 33.4. The molecule has 8 nitrogen and oxygen atoms in total. The molecule has 0 saturated heterocycles. The molecule has 0 saturated carbocycles. The van der Waals surface area contributed by atoms with Gasteiger partial charge in [0.15, 0.2) is 0 Å². The van der Waals surface area contributed by atoms with Gasteiger partial charge in [-0.3, -0.25) is 14.6 Å². The Kier molecular flexibility index (Phi) is 5.54. The molecule has 0 aliphatic rings. The van der Waals surface area contributed by atoms with Crippen LogP contribution >= 0.6 is 11.6 Å². The number of carbonyl (C=O) groups excluding carboxylic acids is 1. The molecular weight excluding hydrogens is 334 g/mol. The van der Waals surface area contributed by atoms with Crippen LogP contribution in [0.3, 0.4) is 0 Å². The van der Waals surface area contributed by atoms with Crippen LogP contribution in [0.15, 0.2) is 34.1 Å². The molecular formula is C15H16ClN5O3. The molecule has 0 bridgehead atoms. The number of halogens is 1. The minimum Gasteiger partial charge on any atom is -0.469 e. The first-order chi connectivity index (χ1) is 11.4. The van der Waals surface area contributed by atoms with Crippen molar-refractivity contribution in [2.24, 2.45) is 10.7 Å². The molecule has 0 amide bonds. The van der Waals surface area contributed by atoms with E-state index in [0.717, 1.165) is 5.56 Å². The Morgan fingerprint density at radius 3 is 2.96 bits per heavy atom. The van der Waals surface area contributed by atoms with E-state index in [9.17, 15) is 9.59 Å². The third-order valence-electron chi connectivity index (χ3n) is 3.09. The summed E-state index contributed by atoms with van der Waals surface area (Å²) in [5.41, 5.74) is 7.09. The maximum absolute atomic E-state index is 11.6. The van der Waals surface area contributed by atoms with Gasteiger partial charge in [0.2, 0.25) is 11.9 Å². The van der Waals surface area contributed by atoms with Crippen LogP contribution < -0.4 is 16.6 Å². The second kappa shape index (κ2) is 7.60. The lowest BCUT2D eigenvalue weighted by Crippen LogP contribution is -2.23. The van der Waals surface area contributed by atoms with Crippen molar-refractivity contribution in [3.05, 3.63) is 50.9 Å². The third kappa shape index (κ3) is 4.56. The number of guanidine groups is 1. The number of carbonyl (C=O) groups is 1. The van der Waals surface area contributed by atoms with Gasteiger partial charge in [0.1, 0.15) is 0 Å². The summed E-state index contributed by atoms with van der Waals surface area (Å²) in [6.07, 6.45) is -0.135. The number of benzene rings is 1. The van der Waals surface area contributed by atoms with Crippen molar-refractivity contribution in [1.82, 2.24) is 9.97 Å². The van der Waals surface area contributed by atoms with Crippen molar-refractivity contribution in [1.29, 1.82) is 0 Å². The monoisotopic (exact) mass is 349 g/mol. The minimum absolute atomic E-state index is 0.0127. The zero-order chi connectivity index (χ0) is 17.7. The molecule has 4 N–H and O–H groups in total. The first-order valence-electron chi connectivity index (χ1n) is 6.92. The van der Waals surface area contributed by atoms with Gasteiger partial charge in [-0.05, 0) is 24.6 Å². The average molecular weight is 350 g/mol. The van der Waals surface area contributed by atoms with Crippen molar-refractivity contribution in [2.75, 3.05) is 12.4 Å². The first kappa shape index (κ1) is 17.5. The largest absolute Gasteiger partial charge is 0.469 e. The van der Waals surface area contributed by atoms with E-state index >= 15 is 0 Å². The maximum Gasteiger partial charge on any atom is 0.311 e. The second-order valence-electron chi connectivity index (χ2n) is 4.85. The van der Waals surface area contributed by atoms with E-state index in [1.165, 1.54) is 13.2 Å². The highest BCUT2D eigenvalue weighted by molar-refractivity contribution is 6.31. The van der Waals surface area contributed by atoms with Crippen LogP contribution in [0.1, 0.15) is 11.3 Å². The van der Waals surface area contributed by atoms with Crippen LogP contribution in [0.5, 0.6) is 0 Å². The lowest BCUT2D eigenvalue weighted by atomic mass is 10.2. The second-order valence-corrected chi connectivity index (χ2v) is 5.25. The Hall–Kier alpha value is -2.87. The number of nitrogens with one attached hydrogen (secondary N) is 2. The molecule has 0 radical (unpaired) electrons. The number of anilines is 1. The number of aliphatic imine (C=N–C) groups is 1. The lowest BCUT2D eigenvalue weighted by Gasteiger charge is -2.09. The van der Waals surface area contributed by atoms with Gasteiger partial charge in [-0.2, -0.15) is 4.99 Å². The number of H-pyrrole nitrogens is 1.